The monoisotopic (exact) mass is 258 g/mol. The molecular weight excluding hydrogens is 244 g/mol. The van der Waals surface area contributed by atoms with Crippen LogP contribution in [-0.2, 0) is 16.0 Å². The first-order chi connectivity index (χ1) is 8.08. The van der Waals surface area contributed by atoms with Crippen LogP contribution in [0, 0.1) is 0 Å². The molecule has 5 heteroatoms. The third-order valence-corrected chi connectivity index (χ3v) is 2.53. The summed E-state index contributed by atoms with van der Waals surface area (Å²) < 4.78 is 10.3. The van der Waals surface area contributed by atoms with E-state index in [4.69, 9.17) is 26.2 Å². The van der Waals surface area contributed by atoms with Crippen molar-refractivity contribution in [3.8, 4) is 5.75 Å². The molecule has 0 aliphatic heterocycles. The van der Waals surface area contributed by atoms with Crippen LogP contribution in [0.15, 0.2) is 18.2 Å². The van der Waals surface area contributed by atoms with Crippen LogP contribution in [0.3, 0.4) is 0 Å². The molecule has 0 aromatic heterocycles. The highest BCUT2D eigenvalue weighted by Crippen LogP contribution is 2.24. The average Bonchev–Trinajstić information content (AvgIpc) is 2.28. The molecule has 0 saturated carbocycles. The van der Waals surface area contributed by atoms with Gasteiger partial charge in [0.15, 0.2) is 6.10 Å². The zero-order valence-electron chi connectivity index (χ0n) is 9.77. The highest BCUT2D eigenvalue weighted by Gasteiger charge is 2.20. The van der Waals surface area contributed by atoms with E-state index in [1.165, 1.54) is 7.11 Å². The van der Waals surface area contributed by atoms with Crippen LogP contribution in [0.4, 0.5) is 0 Å². The molecule has 1 rings (SSSR count). The zero-order chi connectivity index (χ0) is 12.8. The van der Waals surface area contributed by atoms with Gasteiger partial charge >= 0.3 is 5.97 Å². The second kappa shape index (κ2) is 6.47. The highest BCUT2D eigenvalue weighted by atomic mass is 35.5. The normalized spacial score (nSPS) is 12.2. The lowest BCUT2D eigenvalue weighted by Crippen LogP contribution is -2.26. The van der Waals surface area contributed by atoms with Gasteiger partial charge in [-0.05, 0) is 30.7 Å². The van der Waals surface area contributed by atoms with E-state index in [0.717, 1.165) is 5.56 Å². The summed E-state index contributed by atoms with van der Waals surface area (Å²) in [5.74, 6) is -0.380. The molecule has 0 amide bonds. The molecule has 0 aliphatic rings. The largest absolute Gasteiger partial charge is 0.496 e. The molecule has 0 unspecified atom stereocenters. The molecule has 17 heavy (non-hydrogen) atoms. The smallest absolute Gasteiger partial charge is 0.333 e. The molecule has 0 heterocycles. The molecule has 1 atom stereocenters. The third kappa shape index (κ3) is 3.91. The van der Waals surface area contributed by atoms with Gasteiger partial charge in [-0.3, -0.25) is 0 Å². The lowest BCUT2D eigenvalue weighted by Gasteiger charge is -2.14. The molecule has 0 bridgehead atoms. The van der Waals surface area contributed by atoms with E-state index in [9.17, 15) is 4.79 Å². The third-order valence-electron chi connectivity index (χ3n) is 2.29. The van der Waals surface area contributed by atoms with Gasteiger partial charge in [-0.1, -0.05) is 11.6 Å². The van der Waals surface area contributed by atoms with E-state index in [2.05, 4.69) is 0 Å². The molecule has 0 fully saturated rings. The molecule has 0 radical (unpaired) electrons. The maximum atomic E-state index is 11.0. The average molecular weight is 259 g/mol. The van der Waals surface area contributed by atoms with Crippen molar-refractivity contribution in [2.45, 2.75) is 19.4 Å². The van der Waals surface area contributed by atoms with Crippen molar-refractivity contribution in [1.29, 1.82) is 0 Å². The Morgan fingerprint density at radius 3 is 2.76 bits per heavy atom. The van der Waals surface area contributed by atoms with E-state index >= 15 is 0 Å². The fourth-order valence-corrected chi connectivity index (χ4v) is 1.72. The Morgan fingerprint density at radius 2 is 2.24 bits per heavy atom. The topological polar surface area (TPSA) is 55.8 Å². The van der Waals surface area contributed by atoms with E-state index in [-0.39, 0.29) is 6.42 Å². The number of rotatable bonds is 6. The van der Waals surface area contributed by atoms with Crippen molar-refractivity contribution in [2.75, 3.05) is 13.7 Å². The number of methoxy groups -OCH3 is 1. The van der Waals surface area contributed by atoms with Gasteiger partial charge in [0.05, 0.1) is 7.11 Å². The van der Waals surface area contributed by atoms with E-state index in [0.29, 0.717) is 17.4 Å². The summed E-state index contributed by atoms with van der Waals surface area (Å²) in [7, 11) is 1.53. The van der Waals surface area contributed by atoms with E-state index in [1.807, 2.05) is 0 Å². The summed E-state index contributed by atoms with van der Waals surface area (Å²) in [6, 6.07) is 5.10. The molecule has 1 N–H and O–H groups in total. The minimum absolute atomic E-state index is 0.229. The van der Waals surface area contributed by atoms with Gasteiger partial charge in [0, 0.05) is 18.1 Å². The van der Waals surface area contributed by atoms with Gasteiger partial charge in [-0.25, -0.2) is 4.79 Å². The fraction of sp³-hybridized carbons (Fsp3) is 0.417. The summed E-state index contributed by atoms with van der Waals surface area (Å²) >= 11 is 5.87. The van der Waals surface area contributed by atoms with Crippen LogP contribution >= 0.6 is 11.6 Å². The molecule has 0 aliphatic carbocycles. The Kier molecular flexibility index (Phi) is 5.25. The first kappa shape index (κ1) is 13.8. The van der Waals surface area contributed by atoms with Crippen LogP contribution < -0.4 is 4.74 Å². The number of aliphatic carboxylic acids is 1. The molecular formula is C12H15ClO4. The first-order valence-corrected chi connectivity index (χ1v) is 5.63. The Hall–Kier alpha value is -1.26. The number of hydrogen-bond donors (Lipinski definition) is 1. The Labute approximate surface area is 105 Å². The predicted octanol–water partition coefficient (Wildman–Crippen LogP) is 2.38. The Morgan fingerprint density at radius 1 is 1.53 bits per heavy atom. The second-order valence-corrected chi connectivity index (χ2v) is 3.88. The number of hydrogen-bond acceptors (Lipinski definition) is 3. The van der Waals surface area contributed by atoms with Gasteiger partial charge in [-0.15, -0.1) is 0 Å². The van der Waals surface area contributed by atoms with Crippen LogP contribution in [0.25, 0.3) is 0 Å². The van der Waals surface area contributed by atoms with Crippen molar-refractivity contribution in [1.82, 2.24) is 0 Å². The van der Waals surface area contributed by atoms with Crippen molar-refractivity contribution in [2.24, 2.45) is 0 Å². The summed E-state index contributed by atoms with van der Waals surface area (Å²) in [5, 5.41) is 9.54. The molecule has 4 nitrogen and oxygen atoms in total. The van der Waals surface area contributed by atoms with Crippen molar-refractivity contribution in [3.05, 3.63) is 28.8 Å². The first-order valence-electron chi connectivity index (χ1n) is 5.25. The number of carboxylic acids is 1. The minimum Gasteiger partial charge on any atom is -0.496 e. The summed E-state index contributed by atoms with van der Waals surface area (Å²) in [6.45, 7) is 2.10. The lowest BCUT2D eigenvalue weighted by molar-refractivity contribution is -0.149. The van der Waals surface area contributed by atoms with Crippen LogP contribution in [0.5, 0.6) is 5.75 Å². The highest BCUT2D eigenvalue weighted by molar-refractivity contribution is 6.30. The molecule has 0 spiro atoms. The van der Waals surface area contributed by atoms with Gasteiger partial charge < -0.3 is 14.6 Å². The van der Waals surface area contributed by atoms with Crippen LogP contribution in [0.1, 0.15) is 12.5 Å². The number of carbonyl (C=O) groups is 1. The number of benzene rings is 1. The van der Waals surface area contributed by atoms with Gasteiger partial charge in [0.25, 0.3) is 0 Å². The Balaban J connectivity index is 2.91. The summed E-state index contributed by atoms with van der Waals surface area (Å²) in [6.07, 6.45) is -0.653. The Bertz CT molecular complexity index is 392. The summed E-state index contributed by atoms with van der Waals surface area (Å²) in [4.78, 5) is 11.0. The van der Waals surface area contributed by atoms with Crippen molar-refractivity contribution in [3.63, 3.8) is 0 Å². The maximum Gasteiger partial charge on any atom is 0.333 e. The van der Waals surface area contributed by atoms with Gasteiger partial charge in [0.2, 0.25) is 0 Å². The van der Waals surface area contributed by atoms with E-state index < -0.39 is 12.1 Å². The molecule has 94 valence electrons. The lowest BCUT2D eigenvalue weighted by atomic mass is 10.1. The van der Waals surface area contributed by atoms with Crippen molar-refractivity contribution < 1.29 is 19.4 Å². The predicted molar refractivity (Wildman–Crippen MR) is 64.8 cm³/mol. The molecule has 1 aromatic rings. The fourth-order valence-electron chi connectivity index (χ4n) is 1.53. The van der Waals surface area contributed by atoms with Gasteiger partial charge in [-0.2, -0.15) is 0 Å². The van der Waals surface area contributed by atoms with Crippen LogP contribution in [0.2, 0.25) is 5.02 Å². The minimum atomic E-state index is -0.992. The SMILES string of the molecule is CCO[C@H](Cc1cc(Cl)ccc1OC)C(=O)O. The number of halogens is 1. The molecule has 0 saturated heterocycles. The van der Waals surface area contributed by atoms with Crippen molar-refractivity contribution >= 4 is 17.6 Å². The van der Waals surface area contributed by atoms with Gasteiger partial charge in [0.1, 0.15) is 5.75 Å². The zero-order valence-corrected chi connectivity index (χ0v) is 10.5. The number of ether oxygens (including phenoxy) is 2. The molecule has 1 aromatic carbocycles. The van der Waals surface area contributed by atoms with E-state index in [1.54, 1.807) is 25.1 Å². The number of carboxylic acid groups (broad SMARTS) is 1. The quantitative estimate of drug-likeness (QED) is 0.851. The summed E-state index contributed by atoms with van der Waals surface area (Å²) in [5.41, 5.74) is 0.723. The second-order valence-electron chi connectivity index (χ2n) is 3.44. The standard InChI is InChI=1S/C12H15ClO4/c1-3-17-11(12(14)15)7-8-6-9(13)4-5-10(8)16-2/h4-6,11H,3,7H2,1-2H3,(H,14,15)/t11-/m1/s1. The maximum absolute atomic E-state index is 11.0. The van der Waals surface area contributed by atoms with Crippen LogP contribution in [-0.4, -0.2) is 30.9 Å².